The van der Waals surface area contributed by atoms with Gasteiger partial charge in [-0.1, -0.05) is 13.3 Å². The number of carboxylic acids is 1. The number of nitrogens with two attached hydrogens (primary N) is 2. The van der Waals surface area contributed by atoms with Crippen LogP contribution in [0.1, 0.15) is 32.6 Å². The molecule has 0 saturated heterocycles. The molecular weight excluding hydrogens is 238 g/mol. The van der Waals surface area contributed by atoms with Gasteiger partial charge in [0, 0.05) is 12.8 Å². The summed E-state index contributed by atoms with van der Waals surface area (Å²) < 4.78 is 0. The SMILES string of the molecule is CCC(CN)CC(=O)N[C@H](CCC(N)=O)C(=O)O. The number of hydrogen-bond donors (Lipinski definition) is 4. The molecule has 0 fully saturated rings. The zero-order valence-electron chi connectivity index (χ0n) is 10.5. The molecule has 0 saturated carbocycles. The van der Waals surface area contributed by atoms with Gasteiger partial charge < -0.3 is 21.9 Å². The van der Waals surface area contributed by atoms with E-state index in [4.69, 9.17) is 16.6 Å². The lowest BCUT2D eigenvalue weighted by Crippen LogP contribution is -2.42. The zero-order chi connectivity index (χ0) is 14.1. The molecule has 18 heavy (non-hydrogen) atoms. The Balaban J connectivity index is 4.27. The lowest BCUT2D eigenvalue weighted by molar-refractivity contribution is -0.142. The molecule has 0 spiro atoms. The molecule has 0 aliphatic rings. The number of nitrogens with one attached hydrogen (secondary N) is 1. The topological polar surface area (TPSA) is 136 Å². The van der Waals surface area contributed by atoms with Crippen molar-refractivity contribution in [1.82, 2.24) is 5.32 Å². The Morgan fingerprint density at radius 2 is 1.94 bits per heavy atom. The first-order valence-corrected chi connectivity index (χ1v) is 5.91. The van der Waals surface area contributed by atoms with Crippen LogP contribution in [0.25, 0.3) is 0 Å². The Labute approximate surface area is 106 Å². The molecule has 6 N–H and O–H groups in total. The molecule has 0 aliphatic carbocycles. The van der Waals surface area contributed by atoms with Crippen LogP contribution in [0.2, 0.25) is 0 Å². The maximum absolute atomic E-state index is 11.6. The summed E-state index contributed by atoms with van der Waals surface area (Å²) in [5, 5.41) is 11.3. The quantitative estimate of drug-likeness (QED) is 0.429. The maximum atomic E-state index is 11.6. The fourth-order valence-electron chi connectivity index (χ4n) is 1.45. The number of rotatable bonds is 9. The number of amides is 2. The summed E-state index contributed by atoms with van der Waals surface area (Å²) in [4.78, 5) is 33.0. The van der Waals surface area contributed by atoms with Crippen LogP contribution in [-0.2, 0) is 14.4 Å². The van der Waals surface area contributed by atoms with Crippen molar-refractivity contribution < 1.29 is 19.5 Å². The molecule has 7 heteroatoms. The zero-order valence-corrected chi connectivity index (χ0v) is 10.5. The molecule has 1 unspecified atom stereocenters. The number of aliphatic carboxylic acids is 1. The molecule has 0 bridgehead atoms. The van der Waals surface area contributed by atoms with Crippen molar-refractivity contribution in [3.63, 3.8) is 0 Å². The second kappa shape index (κ2) is 8.46. The molecule has 0 aromatic carbocycles. The fraction of sp³-hybridized carbons (Fsp3) is 0.727. The van der Waals surface area contributed by atoms with Crippen LogP contribution in [0.4, 0.5) is 0 Å². The minimum absolute atomic E-state index is 0.00414. The van der Waals surface area contributed by atoms with Crippen LogP contribution >= 0.6 is 0 Å². The molecule has 0 rings (SSSR count). The minimum Gasteiger partial charge on any atom is -0.480 e. The second-order valence-corrected chi connectivity index (χ2v) is 4.18. The van der Waals surface area contributed by atoms with Crippen LogP contribution < -0.4 is 16.8 Å². The monoisotopic (exact) mass is 259 g/mol. The van der Waals surface area contributed by atoms with E-state index in [0.29, 0.717) is 6.54 Å². The third kappa shape index (κ3) is 6.85. The van der Waals surface area contributed by atoms with Gasteiger partial charge in [0.15, 0.2) is 0 Å². The normalized spacial score (nSPS) is 13.7. The Bertz CT molecular complexity index is 303. The highest BCUT2D eigenvalue weighted by molar-refractivity contribution is 5.84. The van der Waals surface area contributed by atoms with Gasteiger partial charge in [-0.2, -0.15) is 0 Å². The summed E-state index contributed by atoms with van der Waals surface area (Å²) in [5.74, 6) is -2.10. The average Bonchev–Trinajstić information content (AvgIpc) is 2.30. The van der Waals surface area contributed by atoms with E-state index in [2.05, 4.69) is 5.32 Å². The highest BCUT2D eigenvalue weighted by Gasteiger charge is 2.21. The minimum atomic E-state index is -1.18. The molecule has 0 aromatic rings. The van der Waals surface area contributed by atoms with Crippen LogP contribution in [0.5, 0.6) is 0 Å². The van der Waals surface area contributed by atoms with E-state index in [0.717, 1.165) is 6.42 Å². The molecule has 0 heterocycles. The maximum Gasteiger partial charge on any atom is 0.326 e. The van der Waals surface area contributed by atoms with E-state index in [9.17, 15) is 14.4 Å². The highest BCUT2D eigenvalue weighted by Crippen LogP contribution is 2.06. The van der Waals surface area contributed by atoms with E-state index >= 15 is 0 Å². The predicted molar refractivity (Wildman–Crippen MR) is 65.4 cm³/mol. The van der Waals surface area contributed by atoms with Crippen molar-refractivity contribution in [2.24, 2.45) is 17.4 Å². The lowest BCUT2D eigenvalue weighted by atomic mass is 10.0. The lowest BCUT2D eigenvalue weighted by Gasteiger charge is -2.16. The van der Waals surface area contributed by atoms with Crippen molar-refractivity contribution in [2.45, 2.75) is 38.6 Å². The molecule has 0 aromatic heterocycles. The predicted octanol–water partition coefficient (Wildman–Crippen LogP) is -0.804. The summed E-state index contributed by atoms with van der Waals surface area (Å²) in [6, 6.07) is -1.08. The fourth-order valence-corrected chi connectivity index (χ4v) is 1.45. The summed E-state index contributed by atoms with van der Waals surface area (Å²) in [6.07, 6.45) is 0.859. The van der Waals surface area contributed by atoms with Crippen molar-refractivity contribution in [2.75, 3.05) is 6.54 Å². The van der Waals surface area contributed by atoms with Gasteiger partial charge >= 0.3 is 5.97 Å². The first-order valence-electron chi connectivity index (χ1n) is 5.91. The van der Waals surface area contributed by atoms with E-state index in [-0.39, 0.29) is 31.1 Å². The van der Waals surface area contributed by atoms with Crippen molar-refractivity contribution in [1.29, 1.82) is 0 Å². The van der Waals surface area contributed by atoms with Crippen LogP contribution in [0.3, 0.4) is 0 Å². The van der Waals surface area contributed by atoms with Crippen molar-refractivity contribution >= 4 is 17.8 Å². The molecule has 2 atom stereocenters. The van der Waals surface area contributed by atoms with Gasteiger partial charge in [0.1, 0.15) is 6.04 Å². The summed E-state index contributed by atoms with van der Waals surface area (Å²) >= 11 is 0. The van der Waals surface area contributed by atoms with Gasteiger partial charge in [-0.3, -0.25) is 9.59 Å². The van der Waals surface area contributed by atoms with Gasteiger partial charge in [-0.05, 0) is 18.9 Å². The van der Waals surface area contributed by atoms with E-state index in [1.807, 2.05) is 6.92 Å². The largest absolute Gasteiger partial charge is 0.480 e. The van der Waals surface area contributed by atoms with Gasteiger partial charge in [0.25, 0.3) is 0 Å². The van der Waals surface area contributed by atoms with Crippen LogP contribution in [0, 0.1) is 5.92 Å². The van der Waals surface area contributed by atoms with Crippen molar-refractivity contribution in [3.8, 4) is 0 Å². The van der Waals surface area contributed by atoms with Gasteiger partial charge in [-0.15, -0.1) is 0 Å². The van der Waals surface area contributed by atoms with Crippen LogP contribution in [-0.4, -0.2) is 35.5 Å². The van der Waals surface area contributed by atoms with Crippen LogP contribution in [0.15, 0.2) is 0 Å². The number of carbonyl (C=O) groups excluding carboxylic acids is 2. The molecule has 7 nitrogen and oxygen atoms in total. The van der Waals surface area contributed by atoms with E-state index < -0.39 is 17.9 Å². The third-order valence-electron chi connectivity index (χ3n) is 2.70. The summed E-state index contributed by atoms with van der Waals surface area (Å²) in [6.45, 7) is 2.29. The van der Waals surface area contributed by atoms with E-state index in [1.54, 1.807) is 0 Å². The smallest absolute Gasteiger partial charge is 0.326 e. The molecule has 104 valence electrons. The summed E-state index contributed by atoms with van der Waals surface area (Å²) in [5.41, 5.74) is 10.4. The molecule has 0 aliphatic heterocycles. The standard InChI is InChI=1S/C11H21N3O4/c1-2-7(6-12)5-10(16)14-8(11(17)18)3-4-9(13)15/h7-8H,2-6,12H2,1H3,(H2,13,15)(H,14,16)(H,17,18)/t7?,8-/m1/s1. The van der Waals surface area contributed by atoms with Gasteiger partial charge in [0.05, 0.1) is 0 Å². The van der Waals surface area contributed by atoms with Gasteiger partial charge in [-0.25, -0.2) is 4.79 Å². The first-order chi connectivity index (χ1) is 8.40. The Kier molecular flexibility index (Phi) is 7.69. The molecule has 0 radical (unpaired) electrons. The Hall–Kier alpha value is -1.63. The summed E-state index contributed by atoms with van der Waals surface area (Å²) in [7, 11) is 0. The number of primary amides is 1. The first kappa shape index (κ1) is 16.4. The van der Waals surface area contributed by atoms with Gasteiger partial charge in [0.2, 0.25) is 11.8 Å². The number of carbonyl (C=O) groups is 3. The number of carboxylic acid groups (broad SMARTS) is 1. The Morgan fingerprint density at radius 3 is 2.33 bits per heavy atom. The van der Waals surface area contributed by atoms with E-state index in [1.165, 1.54) is 0 Å². The number of hydrogen-bond acceptors (Lipinski definition) is 4. The Morgan fingerprint density at radius 1 is 1.33 bits per heavy atom. The molecular formula is C11H21N3O4. The third-order valence-corrected chi connectivity index (χ3v) is 2.70. The van der Waals surface area contributed by atoms with Crippen molar-refractivity contribution in [3.05, 3.63) is 0 Å². The average molecular weight is 259 g/mol. The highest BCUT2D eigenvalue weighted by atomic mass is 16.4. The molecule has 2 amide bonds. The second-order valence-electron chi connectivity index (χ2n) is 4.18.